The molecule has 0 aliphatic rings. The molecule has 0 spiro atoms. The van der Waals surface area contributed by atoms with E-state index < -0.39 is 23.9 Å². The van der Waals surface area contributed by atoms with Gasteiger partial charge in [-0.2, -0.15) is 0 Å². The Kier molecular flexibility index (Phi) is 5.50. The fraction of sp³-hybridized carbons (Fsp3) is 0.417. The number of amides is 1. The Morgan fingerprint density at radius 2 is 2.16 bits per heavy atom. The van der Waals surface area contributed by atoms with Crippen molar-refractivity contribution in [3.05, 3.63) is 21.9 Å². The normalized spacial score (nSPS) is 11.7. The number of aryl methyl sites for hydroxylation is 1. The number of methoxy groups -OCH3 is 1. The van der Waals surface area contributed by atoms with Crippen LogP contribution in [0.5, 0.6) is 0 Å². The predicted octanol–water partition coefficient (Wildman–Crippen LogP) is 1.19. The molecule has 104 valence electrons. The molecule has 0 bridgehead atoms. The minimum atomic E-state index is -1.17. The van der Waals surface area contributed by atoms with Crippen molar-refractivity contribution in [3.63, 3.8) is 0 Å². The van der Waals surface area contributed by atoms with Gasteiger partial charge in [-0.1, -0.05) is 0 Å². The van der Waals surface area contributed by atoms with Gasteiger partial charge in [0.1, 0.15) is 6.04 Å². The van der Waals surface area contributed by atoms with Gasteiger partial charge in [-0.15, -0.1) is 11.3 Å². The second-order valence-corrected chi connectivity index (χ2v) is 4.83. The molecule has 2 N–H and O–H groups in total. The minimum Gasteiger partial charge on any atom is -0.480 e. The summed E-state index contributed by atoms with van der Waals surface area (Å²) in [7, 11) is 1.23. The maximum Gasteiger partial charge on any atom is 0.326 e. The quantitative estimate of drug-likeness (QED) is 0.766. The lowest BCUT2D eigenvalue weighted by Crippen LogP contribution is -2.41. The molecule has 0 saturated heterocycles. The number of esters is 1. The van der Waals surface area contributed by atoms with E-state index in [1.54, 1.807) is 18.4 Å². The van der Waals surface area contributed by atoms with E-state index in [4.69, 9.17) is 5.11 Å². The van der Waals surface area contributed by atoms with Crippen molar-refractivity contribution in [2.24, 2.45) is 0 Å². The first-order valence-corrected chi connectivity index (χ1v) is 6.48. The van der Waals surface area contributed by atoms with Gasteiger partial charge >= 0.3 is 11.9 Å². The molecule has 6 nitrogen and oxygen atoms in total. The van der Waals surface area contributed by atoms with E-state index in [1.165, 1.54) is 18.4 Å². The number of hydrogen-bond donors (Lipinski definition) is 2. The molecular formula is C12H15NO5S. The first-order chi connectivity index (χ1) is 8.95. The lowest BCUT2D eigenvalue weighted by molar-refractivity contribution is -0.142. The van der Waals surface area contributed by atoms with Crippen LogP contribution in [0.4, 0.5) is 0 Å². The van der Waals surface area contributed by atoms with Crippen molar-refractivity contribution < 1.29 is 24.2 Å². The first-order valence-electron chi connectivity index (χ1n) is 5.60. The summed E-state index contributed by atoms with van der Waals surface area (Å²) in [6.07, 6.45) is -0.0602. The van der Waals surface area contributed by atoms with Gasteiger partial charge < -0.3 is 15.2 Å². The van der Waals surface area contributed by atoms with Crippen LogP contribution in [0, 0.1) is 6.92 Å². The monoisotopic (exact) mass is 285 g/mol. The largest absolute Gasteiger partial charge is 0.480 e. The molecule has 1 heterocycles. The first kappa shape index (κ1) is 15.2. The summed E-state index contributed by atoms with van der Waals surface area (Å²) in [5.74, 6) is -2.12. The van der Waals surface area contributed by atoms with Crippen molar-refractivity contribution >= 4 is 29.2 Å². The highest BCUT2D eigenvalue weighted by Gasteiger charge is 2.22. The molecule has 0 aromatic carbocycles. The highest BCUT2D eigenvalue weighted by molar-refractivity contribution is 7.12. The molecule has 0 saturated carbocycles. The third-order valence-electron chi connectivity index (χ3n) is 2.54. The molecule has 0 unspecified atom stereocenters. The Hall–Kier alpha value is -1.89. The minimum absolute atomic E-state index is 0.00182. The third-order valence-corrected chi connectivity index (χ3v) is 3.55. The van der Waals surface area contributed by atoms with Crippen LogP contribution in [0.1, 0.15) is 28.1 Å². The average Bonchev–Trinajstić information content (AvgIpc) is 2.79. The molecule has 1 aromatic heterocycles. The van der Waals surface area contributed by atoms with Crippen LogP contribution < -0.4 is 5.32 Å². The van der Waals surface area contributed by atoms with Crippen LogP contribution in [-0.4, -0.2) is 36.1 Å². The molecule has 0 aliphatic heterocycles. The Morgan fingerprint density at radius 3 is 2.63 bits per heavy atom. The van der Waals surface area contributed by atoms with Gasteiger partial charge in [0.2, 0.25) is 0 Å². The van der Waals surface area contributed by atoms with Crippen molar-refractivity contribution in [3.8, 4) is 0 Å². The number of thiophene rings is 1. The lowest BCUT2D eigenvalue weighted by Gasteiger charge is -2.13. The van der Waals surface area contributed by atoms with Gasteiger partial charge in [0.15, 0.2) is 0 Å². The summed E-state index contributed by atoms with van der Waals surface area (Å²) in [4.78, 5) is 34.4. The summed E-state index contributed by atoms with van der Waals surface area (Å²) in [5.41, 5.74) is 0.791. The van der Waals surface area contributed by atoms with Crippen molar-refractivity contribution in [2.75, 3.05) is 7.11 Å². The van der Waals surface area contributed by atoms with Crippen molar-refractivity contribution in [1.29, 1.82) is 0 Å². The van der Waals surface area contributed by atoms with Crippen molar-refractivity contribution in [2.45, 2.75) is 25.8 Å². The fourth-order valence-electron chi connectivity index (χ4n) is 1.45. The second-order valence-electron chi connectivity index (χ2n) is 3.91. The highest BCUT2D eigenvalue weighted by atomic mass is 32.1. The SMILES string of the molecule is COC(=O)CC[C@H](NC(=O)c1sccc1C)C(=O)O. The zero-order valence-electron chi connectivity index (χ0n) is 10.6. The maximum atomic E-state index is 11.9. The Balaban J connectivity index is 2.64. The fourth-order valence-corrected chi connectivity index (χ4v) is 2.28. The number of rotatable bonds is 6. The van der Waals surface area contributed by atoms with Gasteiger partial charge in [0, 0.05) is 6.42 Å². The molecule has 0 fully saturated rings. The topological polar surface area (TPSA) is 92.7 Å². The van der Waals surface area contributed by atoms with E-state index in [2.05, 4.69) is 10.1 Å². The summed E-state index contributed by atoms with van der Waals surface area (Å²) in [5, 5.41) is 13.2. The smallest absolute Gasteiger partial charge is 0.326 e. The number of carboxylic acid groups (broad SMARTS) is 1. The van der Waals surface area contributed by atoms with Crippen LogP contribution in [-0.2, 0) is 14.3 Å². The molecule has 1 rings (SSSR count). The molecule has 1 amide bonds. The molecule has 0 aliphatic carbocycles. The molecular weight excluding hydrogens is 270 g/mol. The molecule has 1 aromatic rings. The van der Waals surface area contributed by atoms with Gasteiger partial charge in [0.05, 0.1) is 12.0 Å². The summed E-state index contributed by atoms with van der Waals surface area (Å²) < 4.78 is 4.43. The van der Waals surface area contributed by atoms with Crippen LogP contribution in [0.2, 0.25) is 0 Å². The number of hydrogen-bond acceptors (Lipinski definition) is 5. The van der Waals surface area contributed by atoms with Gasteiger partial charge in [-0.05, 0) is 30.4 Å². The van der Waals surface area contributed by atoms with Gasteiger partial charge in [0.25, 0.3) is 5.91 Å². The van der Waals surface area contributed by atoms with Crippen LogP contribution in [0.25, 0.3) is 0 Å². The van der Waals surface area contributed by atoms with E-state index in [0.29, 0.717) is 4.88 Å². The molecule has 7 heteroatoms. The second kappa shape index (κ2) is 6.89. The Labute approximate surface area is 114 Å². The standard InChI is InChI=1S/C12H15NO5S/c1-7-5-6-19-10(7)11(15)13-8(12(16)17)3-4-9(14)18-2/h5-6,8H,3-4H2,1-2H3,(H,13,15)(H,16,17)/t8-/m0/s1. The number of carbonyl (C=O) groups is 3. The van der Waals surface area contributed by atoms with E-state index in [1.807, 2.05) is 0 Å². The highest BCUT2D eigenvalue weighted by Crippen LogP contribution is 2.15. The summed E-state index contributed by atoms with van der Waals surface area (Å²) in [6.45, 7) is 1.77. The molecule has 0 radical (unpaired) electrons. The Bertz CT molecular complexity index is 482. The number of carboxylic acids is 1. The zero-order valence-corrected chi connectivity index (χ0v) is 11.5. The molecule has 1 atom stereocenters. The van der Waals surface area contributed by atoms with E-state index in [0.717, 1.165) is 5.56 Å². The van der Waals surface area contributed by atoms with E-state index in [9.17, 15) is 14.4 Å². The van der Waals surface area contributed by atoms with E-state index >= 15 is 0 Å². The number of ether oxygens (including phenoxy) is 1. The van der Waals surface area contributed by atoms with E-state index in [-0.39, 0.29) is 12.8 Å². The summed E-state index contributed by atoms with van der Waals surface area (Å²) in [6, 6.07) is 0.678. The predicted molar refractivity (Wildman–Crippen MR) is 69.2 cm³/mol. The number of carbonyl (C=O) groups excluding carboxylic acids is 2. The lowest BCUT2D eigenvalue weighted by atomic mass is 10.1. The summed E-state index contributed by atoms with van der Waals surface area (Å²) >= 11 is 1.24. The average molecular weight is 285 g/mol. The van der Waals surface area contributed by atoms with Gasteiger partial charge in [-0.3, -0.25) is 9.59 Å². The maximum absolute atomic E-state index is 11.9. The third kappa shape index (κ3) is 4.36. The Morgan fingerprint density at radius 1 is 1.47 bits per heavy atom. The van der Waals surface area contributed by atoms with Crippen LogP contribution in [0.3, 0.4) is 0 Å². The van der Waals surface area contributed by atoms with Crippen molar-refractivity contribution in [1.82, 2.24) is 5.32 Å². The van der Waals surface area contributed by atoms with Gasteiger partial charge in [-0.25, -0.2) is 4.79 Å². The van der Waals surface area contributed by atoms with Crippen LogP contribution >= 0.6 is 11.3 Å². The molecule has 19 heavy (non-hydrogen) atoms. The number of nitrogens with one attached hydrogen (secondary N) is 1. The zero-order chi connectivity index (χ0) is 14.4. The van der Waals surface area contributed by atoms with Crippen LogP contribution in [0.15, 0.2) is 11.4 Å². The number of aliphatic carboxylic acids is 1.